The van der Waals surface area contributed by atoms with Gasteiger partial charge in [0.05, 0.1) is 0 Å². The van der Waals surface area contributed by atoms with Crippen LogP contribution in [-0.2, 0) is 10.3 Å². The van der Waals surface area contributed by atoms with Gasteiger partial charge in [0.1, 0.15) is 5.84 Å². The van der Waals surface area contributed by atoms with Crippen molar-refractivity contribution in [2.24, 2.45) is 4.99 Å². The van der Waals surface area contributed by atoms with E-state index in [4.69, 9.17) is 0 Å². The summed E-state index contributed by atoms with van der Waals surface area (Å²) < 4.78 is 0. The molecule has 0 bridgehead atoms. The molecule has 3 heteroatoms. The van der Waals surface area contributed by atoms with Crippen molar-refractivity contribution in [2.75, 3.05) is 0 Å². The Morgan fingerprint density at radius 1 is 0.900 bits per heavy atom. The number of hydrogen-bond donors (Lipinski definition) is 1. The summed E-state index contributed by atoms with van der Waals surface area (Å²) in [4.78, 5) is 17.1. The van der Waals surface area contributed by atoms with Crippen LogP contribution in [0.3, 0.4) is 0 Å². The Morgan fingerprint density at radius 3 is 1.70 bits per heavy atom. The molecule has 0 saturated heterocycles. The fourth-order valence-corrected chi connectivity index (χ4v) is 2.50. The van der Waals surface area contributed by atoms with Crippen molar-refractivity contribution in [1.82, 2.24) is 5.32 Å². The molecule has 1 N–H and O–H groups in total. The third-order valence-corrected chi connectivity index (χ3v) is 3.34. The molecule has 102 valence electrons. The van der Waals surface area contributed by atoms with Crippen molar-refractivity contribution >= 4 is 11.7 Å². The average Bonchev–Trinajstić information content (AvgIpc) is 2.76. The summed E-state index contributed by atoms with van der Waals surface area (Å²) in [6, 6.07) is 19.3. The Hall–Kier alpha value is -2.42. The lowest BCUT2D eigenvalue weighted by molar-refractivity contribution is -0.122. The summed E-state index contributed by atoms with van der Waals surface area (Å²) in [6.45, 7) is 1.81. The first-order valence-electron chi connectivity index (χ1n) is 6.22. The van der Waals surface area contributed by atoms with Gasteiger partial charge in [0.2, 0.25) is 0 Å². The number of carbonyl (C=O) groups excluding carboxylic acids is 1. The Labute approximate surface area is 119 Å². The molecular formula is C17H18N2O. The van der Waals surface area contributed by atoms with Gasteiger partial charge >= 0.3 is 0 Å². The Kier molecular flexibility index (Phi) is 3.70. The minimum absolute atomic E-state index is 0. The third-order valence-electron chi connectivity index (χ3n) is 3.34. The van der Waals surface area contributed by atoms with Crippen molar-refractivity contribution in [3.05, 3.63) is 71.8 Å². The number of carbonyl (C=O) groups is 1. The highest BCUT2D eigenvalue weighted by molar-refractivity contribution is 6.09. The van der Waals surface area contributed by atoms with Crippen molar-refractivity contribution in [3.63, 3.8) is 0 Å². The van der Waals surface area contributed by atoms with E-state index in [1.54, 1.807) is 0 Å². The molecule has 1 amide bonds. The largest absolute Gasteiger partial charge is 0.312 e. The summed E-state index contributed by atoms with van der Waals surface area (Å²) in [7, 11) is 0. The molecule has 3 rings (SSSR count). The predicted octanol–water partition coefficient (Wildman–Crippen LogP) is 3.11. The number of aliphatic imine (C=N–C) groups is 1. The van der Waals surface area contributed by atoms with Gasteiger partial charge in [-0.25, -0.2) is 4.99 Å². The zero-order valence-electron chi connectivity index (χ0n) is 10.6. The van der Waals surface area contributed by atoms with Gasteiger partial charge < -0.3 is 5.32 Å². The lowest BCUT2D eigenvalue weighted by atomic mass is 9.83. The van der Waals surface area contributed by atoms with Crippen LogP contribution in [0.1, 0.15) is 25.5 Å². The maximum absolute atomic E-state index is 12.5. The van der Waals surface area contributed by atoms with E-state index in [0.717, 1.165) is 11.1 Å². The van der Waals surface area contributed by atoms with E-state index in [0.29, 0.717) is 5.84 Å². The molecule has 1 aliphatic rings. The first-order chi connectivity index (χ1) is 9.23. The predicted molar refractivity (Wildman–Crippen MR) is 81.6 cm³/mol. The fourth-order valence-electron chi connectivity index (χ4n) is 2.50. The van der Waals surface area contributed by atoms with Crippen LogP contribution in [0.2, 0.25) is 0 Å². The third kappa shape index (κ3) is 2.01. The number of hydrogen-bond acceptors (Lipinski definition) is 2. The first-order valence-corrected chi connectivity index (χ1v) is 6.22. The van der Waals surface area contributed by atoms with Crippen LogP contribution in [-0.4, -0.2) is 11.7 Å². The summed E-state index contributed by atoms with van der Waals surface area (Å²) >= 11 is 0. The molecule has 0 spiro atoms. The number of amidine groups is 1. The van der Waals surface area contributed by atoms with Crippen molar-refractivity contribution in [1.29, 1.82) is 0 Å². The highest BCUT2D eigenvalue weighted by Crippen LogP contribution is 2.36. The van der Waals surface area contributed by atoms with E-state index < -0.39 is 5.54 Å². The molecular weight excluding hydrogens is 248 g/mol. The number of rotatable bonds is 2. The van der Waals surface area contributed by atoms with Gasteiger partial charge in [-0.05, 0) is 18.1 Å². The van der Waals surface area contributed by atoms with Crippen LogP contribution >= 0.6 is 0 Å². The summed E-state index contributed by atoms with van der Waals surface area (Å²) in [5.74, 6) is 0.556. The molecule has 0 unspecified atom stereocenters. The van der Waals surface area contributed by atoms with Crippen LogP contribution in [0.5, 0.6) is 0 Å². The van der Waals surface area contributed by atoms with E-state index in [-0.39, 0.29) is 13.3 Å². The molecule has 0 aromatic heterocycles. The van der Waals surface area contributed by atoms with E-state index in [1.165, 1.54) is 0 Å². The molecule has 2 aromatic rings. The van der Waals surface area contributed by atoms with Crippen LogP contribution in [0.4, 0.5) is 0 Å². The maximum Gasteiger partial charge on any atom is 0.262 e. The van der Waals surface area contributed by atoms with E-state index in [9.17, 15) is 4.79 Å². The number of nitrogens with zero attached hydrogens (tertiary/aromatic N) is 1. The molecule has 1 aliphatic heterocycles. The van der Waals surface area contributed by atoms with E-state index in [2.05, 4.69) is 10.3 Å². The molecule has 0 radical (unpaired) electrons. The zero-order chi connectivity index (χ0) is 13.3. The van der Waals surface area contributed by atoms with Gasteiger partial charge in [0, 0.05) is 0 Å². The van der Waals surface area contributed by atoms with Crippen LogP contribution in [0, 0.1) is 0 Å². The van der Waals surface area contributed by atoms with Gasteiger partial charge in [0.15, 0.2) is 5.54 Å². The second-order valence-corrected chi connectivity index (χ2v) is 4.59. The highest BCUT2D eigenvalue weighted by Gasteiger charge is 2.45. The quantitative estimate of drug-likeness (QED) is 0.891. The van der Waals surface area contributed by atoms with Gasteiger partial charge in [-0.1, -0.05) is 68.1 Å². The molecule has 1 heterocycles. The van der Waals surface area contributed by atoms with E-state index in [1.807, 2.05) is 67.6 Å². The molecule has 2 aromatic carbocycles. The second kappa shape index (κ2) is 5.29. The minimum Gasteiger partial charge on any atom is -0.312 e. The number of nitrogens with one attached hydrogen (secondary N) is 1. The normalized spacial score (nSPS) is 16.1. The fraction of sp³-hybridized carbons (Fsp3) is 0.176. The molecule has 0 atom stereocenters. The van der Waals surface area contributed by atoms with Gasteiger partial charge in [-0.2, -0.15) is 0 Å². The Morgan fingerprint density at radius 2 is 1.35 bits per heavy atom. The van der Waals surface area contributed by atoms with Gasteiger partial charge in [-0.15, -0.1) is 0 Å². The molecule has 0 saturated carbocycles. The summed E-state index contributed by atoms with van der Waals surface area (Å²) in [5.41, 5.74) is 0.818. The molecule has 0 aliphatic carbocycles. The maximum atomic E-state index is 12.5. The average molecular weight is 266 g/mol. The van der Waals surface area contributed by atoms with E-state index >= 15 is 0 Å². The lowest BCUT2D eigenvalue weighted by Gasteiger charge is -2.24. The number of benzene rings is 2. The first kappa shape index (κ1) is 14.0. The Bertz CT molecular complexity index is 593. The van der Waals surface area contributed by atoms with Gasteiger partial charge in [-0.3, -0.25) is 4.79 Å². The molecule has 20 heavy (non-hydrogen) atoms. The van der Waals surface area contributed by atoms with Crippen LogP contribution in [0.15, 0.2) is 65.7 Å². The van der Waals surface area contributed by atoms with Crippen molar-refractivity contribution < 1.29 is 4.79 Å². The standard InChI is InChI=1S/C16H14N2O.CH4/c1-12-17-15(19)16(18-12,13-8-4-2-5-9-13)14-10-6-3-7-11-14;/h2-11H,1H3,(H,17,18,19);1H4. The lowest BCUT2D eigenvalue weighted by Crippen LogP contribution is -2.38. The topological polar surface area (TPSA) is 41.5 Å². The SMILES string of the molecule is C.CC1=NC(c2ccccc2)(c2ccccc2)C(=O)N1. The van der Waals surface area contributed by atoms with Crippen molar-refractivity contribution in [2.45, 2.75) is 19.9 Å². The monoisotopic (exact) mass is 266 g/mol. The summed E-state index contributed by atoms with van der Waals surface area (Å²) in [6.07, 6.45) is 0. The van der Waals surface area contributed by atoms with Crippen molar-refractivity contribution in [3.8, 4) is 0 Å². The number of amides is 1. The van der Waals surface area contributed by atoms with Crippen LogP contribution in [0.25, 0.3) is 0 Å². The zero-order valence-corrected chi connectivity index (χ0v) is 10.6. The smallest absolute Gasteiger partial charge is 0.262 e. The molecule has 0 fully saturated rings. The highest BCUT2D eigenvalue weighted by atomic mass is 16.2. The summed E-state index contributed by atoms with van der Waals surface area (Å²) in [5, 5.41) is 2.82. The second-order valence-electron chi connectivity index (χ2n) is 4.59. The molecule has 3 nitrogen and oxygen atoms in total. The minimum atomic E-state index is -0.952. The van der Waals surface area contributed by atoms with Crippen LogP contribution < -0.4 is 5.32 Å². The van der Waals surface area contributed by atoms with Gasteiger partial charge in [0.25, 0.3) is 5.91 Å². The Balaban J connectivity index is 0.00000147.